The summed E-state index contributed by atoms with van der Waals surface area (Å²) in [4.78, 5) is 0. The van der Waals surface area contributed by atoms with Crippen molar-refractivity contribution in [3.63, 3.8) is 0 Å². The fourth-order valence-corrected chi connectivity index (χ4v) is 14.3. The number of rotatable bonds is 14. The van der Waals surface area contributed by atoms with Gasteiger partial charge in [0.1, 0.15) is 0 Å². The fourth-order valence-electron chi connectivity index (χ4n) is 3.50. The molecule has 3 heteroatoms. The van der Waals surface area contributed by atoms with E-state index in [2.05, 4.69) is 27.7 Å². The van der Waals surface area contributed by atoms with Gasteiger partial charge in [-0.1, -0.05) is 0 Å². The Morgan fingerprint density at radius 2 is 1.00 bits per heavy atom. The van der Waals surface area contributed by atoms with Crippen molar-refractivity contribution in [3.05, 3.63) is 0 Å². The van der Waals surface area contributed by atoms with E-state index in [0.717, 1.165) is 13.2 Å². The molecule has 2 nitrogen and oxygen atoms in total. The van der Waals surface area contributed by atoms with Crippen LogP contribution in [-0.4, -0.2) is 32.4 Å². The van der Waals surface area contributed by atoms with Gasteiger partial charge in [0, 0.05) is 0 Å². The molecule has 144 valence electrons. The summed E-state index contributed by atoms with van der Waals surface area (Å²) < 4.78 is 15.6. The Balaban J connectivity index is 2.31. The van der Waals surface area contributed by atoms with Gasteiger partial charge in [-0.2, -0.15) is 0 Å². The van der Waals surface area contributed by atoms with E-state index in [4.69, 9.17) is 6.15 Å². The molecule has 0 saturated carbocycles. The zero-order chi connectivity index (χ0) is 17.7. The van der Waals surface area contributed by atoms with Crippen LogP contribution in [0.1, 0.15) is 105 Å². The molecule has 0 unspecified atom stereocenters. The summed E-state index contributed by atoms with van der Waals surface area (Å²) in [6.45, 7) is 11.0. The molecular formula is C21H44O2Sn. The predicted octanol–water partition coefficient (Wildman–Crippen LogP) is 7.22. The van der Waals surface area contributed by atoms with Gasteiger partial charge in [-0.15, -0.1) is 0 Å². The number of unbranched alkanes of at least 4 members (excludes halogenated alkanes) is 10. The van der Waals surface area contributed by atoms with E-state index in [0.29, 0.717) is 0 Å². The Morgan fingerprint density at radius 1 is 0.625 bits per heavy atom. The van der Waals surface area contributed by atoms with E-state index < -0.39 is 19.2 Å². The van der Waals surface area contributed by atoms with Crippen LogP contribution in [0.5, 0.6) is 0 Å². The molecule has 0 aliphatic carbocycles. The summed E-state index contributed by atoms with van der Waals surface area (Å²) in [5.41, 5.74) is 0.225. The summed E-state index contributed by atoms with van der Waals surface area (Å²) in [5.74, 6) is 0. The van der Waals surface area contributed by atoms with Crippen molar-refractivity contribution in [1.29, 1.82) is 0 Å². The Bertz CT molecular complexity index is 276. The van der Waals surface area contributed by atoms with Crippen LogP contribution in [0, 0.1) is 5.41 Å². The summed E-state index contributed by atoms with van der Waals surface area (Å²) >= 11 is -2.75. The summed E-state index contributed by atoms with van der Waals surface area (Å²) in [6, 6.07) is 0. The number of hydrogen-bond donors (Lipinski definition) is 0. The van der Waals surface area contributed by atoms with Crippen LogP contribution < -0.4 is 0 Å². The van der Waals surface area contributed by atoms with Gasteiger partial charge in [-0.3, -0.25) is 0 Å². The van der Waals surface area contributed by atoms with Gasteiger partial charge in [0.15, 0.2) is 0 Å². The maximum atomic E-state index is 6.52. The van der Waals surface area contributed by atoms with Gasteiger partial charge in [0.25, 0.3) is 0 Å². The van der Waals surface area contributed by atoms with Crippen LogP contribution in [0.4, 0.5) is 0 Å². The van der Waals surface area contributed by atoms with E-state index in [1.807, 2.05) is 0 Å². The zero-order valence-corrected chi connectivity index (χ0v) is 20.0. The van der Waals surface area contributed by atoms with E-state index in [1.165, 1.54) is 85.9 Å². The fraction of sp³-hybridized carbons (Fsp3) is 1.00. The topological polar surface area (TPSA) is 18.5 Å². The first-order valence-electron chi connectivity index (χ1n) is 10.8. The SMILES string of the molecule is CCCCCCC[CH2][Sn]1([CH2]CCCCCCC)[O]CC(C)(C)C[O]1. The van der Waals surface area contributed by atoms with Gasteiger partial charge < -0.3 is 0 Å². The first kappa shape index (κ1) is 22.8. The van der Waals surface area contributed by atoms with Crippen molar-refractivity contribution >= 4 is 19.2 Å². The molecule has 0 aromatic heterocycles. The molecule has 1 saturated heterocycles. The van der Waals surface area contributed by atoms with E-state index in [9.17, 15) is 0 Å². The van der Waals surface area contributed by atoms with Crippen LogP contribution in [0.15, 0.2) is 0 Å². The second-order valence-electron chi connectivity index (χ2n) is 8.69. The molecule has 0 bridgehead atoms. The standard InChI is InChI=1S/2C8H17.C5H10O2.Sn/c2*1-3-5-7-8-6-4-2;1-5(2,3-6)4-7;/h2*1,3-8H2,2H3;3-4H2,1-2H3;/q;;-2;+2. The molecule has 1 heterocycles. The van der Waals surface area contributed by atoms with Crippen LogP contribution in [0.25, 0.3) is 0 Å². The van der Waals surface area contributed by atoms with Crippen molar-refractivity contribution in [2.45, 2.75) is 114 Å². The molecule has 0 aromatic rings. The molecule has 0 spiro atoms. The van der Waals surface area contributed by atoms with Crippen molar-refractivity contribution in [1.82, 2.24) is 0 Å². The van der Waals surface area contributed by atoms with Gasteiger partial charge in [0.2, 0.25) is 0 Å². The van der Waals surface area contributed by atoms with Crippen LogP contribution in [0.3, 0.4) is 0 Å². The molecule has 0 aromatic carbocycles. The first-order valence-corrected chi connectivity index (χ1v) is 17.2. The first-order chi connectivity index (χ1) is 11.5. The molecule has 24 heavy (non-hydrogen) atoms. The van der Waals surface area contributed by atoms with Crippen molar-refractivity contribution in [3.8, 4) is 0 Å². The third-order valence-corrected chi connectivity index (χ3v) is 15.5. The van der Waals surface area contributed by atoms with Gasteiger partial charge in [-0.25, -0.2) is 0 Å². The van der Waals surface area contributed by atoms with Crippen molar-refractivity contribution < 1.29 is 6.15 Å². The van der Waals surface area contributed by atoms with Crippen LogP contribution >= 0.6 is 0 Å². The Labute approximate surface area is 157 Å². The summed E-state index contributed by atoms with van der Waals surface area (Å²) in [7, 11) is 0. The third kappa shape index (κ3) is 10.0. The minimum absolute atomic E-state index is 0.225. The molecular weight excluding hydrogens is 403 g/mol. The van der Waals surface area contributed by atoms with Crippen LogP contribution in [-0.2, 0) is 6.15 Å². The third-order valence-electron chi connectivity index (χ3n) is 5.27. The van der Waals surface area contributed by atoms with Gasteiger partial charge in [0.05, 0.1) is 0 Å². The van der Waals surface area contributed by atoms with Gasteiger partial charge in [-0.05, 0) is 0 Å². The van der Waals surface area contributed by atoms with Crippen molar-refractivity contribution in [2.75, 3.05) is 13.2 Å². The molecule has 1 rings (SSSR count). The molecule has 1 aliphatic rings. The summed E-state index contributed by atoms with van der Waals surface area (Å²) in [6.07, 6.45) is 16.5. The molecule has 0 atom stereocenters. The average Bonchev–Trinajstić information content (AvgIpc) is 2.57. The molecule has 1 aliphatic heterocycles. The normalized spacial score (nSPS) is 19.5. The Hall–Kier alpha value is 0.719. The quantitative estimate of drug-likeness (QED) is 0.207. The Morgan fingerprint density at radius 3 is 1.42 bits per heavy atom. The maximum absolute atomic E-state index is 6.52. The monoisotopic (exact) mass is 448 g/mol. The van der Waals surface area contributed by atoms with E-state index >= 15 is 0 Å². The minimum atomic E-state index is -2.75. The van der Waals surface area contributed by atoms with Crippen LogP contribution in [0.2, 0.25) is 8.87 Å². The second kappa shape index (κ2) is 13.0. The second-order valence-corrected chi connectivity index (χ2v) is 18.4. The summed E-state index contributed by atoms with van der Waals surface area (Å²) in [5, 5.41) is 0. The number of hydrogen-bond acceptors (Lipinski definition) is 2. The average molecular weight is 447 g/mol. The van der Waals surface area contributed by atoms with E-state index in [-0.39, 0.29) is 5.41 Å². The molecule has 0 radical (unpaired) electrons. The molecule has 0 N–H and O–H groups in total. The predicted molar refractivity (Wildman–Crippen MR) is 108 cm³/mol. The van der Waals surface area contributed by atoms with Gasteiger partial charge >= 0.3 is 158 Å². The zero-order valence-electron chi connectivity index (χ0n) is 17.1. The molecule has 1 fully saturated rings. The van der Waals surface area contributed by atoms with Crippen molar-refractivity contribution in [2.24, 2.45) is 5.41 Å². The van der Waals surface area contributed by atoms with E-state index in [1.54, 1.807) is 0 Å². The molecule has 0 amide bonds. The Kier molecular flexibility index (Phi) is 12.3.